The molecule has 0 unspecified atom stereocenters. The maximum absolute atomic E-state index is 14.0. The van der Waals surface area contributed by atoms with Crippen molar-refractivity contribution in [3.8, 4) is 5.75 Å². The normalized spacial score (nSPS) is 12.4. The van der Waals surface area contributed by atoms with Gasteiger partial charge in [-0.05, 0) is 88.7 Å². The summed E-state index contributed by atoms with van der Waals surface area (Å²) in [7, 11) is -2.61. The van der Waals surface area contributed by atoms with Gasteiger partial charge in [-0.1, -0.05) is 41.4 Å². The number of carbonyl (C=O) groups excluding carboxylic acids is 2. The van der Waals surface area contributed by atoms with E-state index in [2.05, 4.69) is 5.32 Å². The van der Waals surface area contributed by atoms with E-state index in [-0.39, 0.29) is 23.0 Å². The van der Waals surface area contributed by atoms with Gasteiger partial charge in [0.15, 0.2) is 0 Å². The molecule has 8 nitrogen and oxygen atoms in total. The minimum atomic E-state index is -4.15. The molecule has 0 heterocycles. The first-order valence-electron chi connectivity index (χ1n) is 12.8. The van der Waals surface area contributed by atoms with Crippen LogP contribution in [0.1, 0.15) is 38.8 Å². The SMILES string of the molecule is COc1cccc(CN(C(=O)CN(c2ccc(Cl)cc2)S(=O)(=O)c2ccc(C)cc2)[C@@H](C)C(=O)NC(C)(C)C)c1. The zero-order valence-electron chi connectivity index (χ0n) is 23.6. The largest absolute Gasteiger partial charge is 0.497 e. The standard InChI is InChI=1S/C30H36ClN3O5S/c1-21-10-16-27(17-11-21)40(37,38)34(25-14-12-24(31)13-15-25)20-28(35)33(22(2)29(36)32-30(3,4)5)19-23-8-7-9-26(18-23)39-6/h7-18,22H,19-20H2,1-6H3,(H,32,36)/t22-/m0/s1. The smallest absolute Gasteiger partial charge is 0.264 e. The van der Waals surface area contributed by atoms with E-state index < -0.39 is 34.1 Å². The number of sulfonamides is 1. The van der Waals surface area contributed by atoms with E-state index in [1.807, 2.05) is 33.8 Å². The number of nitrogens with zero attached hydrogens (tertiary/aromatic N) is 2. The maximum Gasteiger partial charge on any atom is 0.264 e. The van der Waals surface area contributed by atoms with Crippen molar-refractivity contribution in [1.29, 1.82) is 0 Å². The van der Waals surface area contributed by atoms with Gasteiger partial charge in [0.1, 0.15) is 18.3 Å². The quantitative estimate of drug-likeness (QED) is 0.353. The van der Waals surface area contributed by atoms with Gasteiger partial charge in [0.05, 0.1) is 17.7 Å². The molecule has 0 radical (unpaired) electrons. The summed E-state index contributed by atoms with van der Waals surface area (Å²) in [6.45, 7) is 8.56. The Morgan fingerprint density at radius 1 is 1.00 bits per heavy atom. The van der Waals surface area contributed by atoms with Crippen molar-refractivity contribution in [2.75, 3.05) is 18.0 Å². The van der Waals surface area contributed by atoms with E-state index in [0.717, 1.165) is 15.4 Å². The van der Waals surface area contributed by atoms with Crippen molar-refractivity contribution in [2.45, 2.75) is 57.6 Å². The molecule has 40 heavy (non-hydrogen) atoms. The number of rotatable bonds is 10. The van der Waals surface area contributed by atoms with Gasteiger partial charge in [-0.15, -0.1) is 0 Å². The van der Waals surface area contributed by atoms with Gasteiger partial charge in [0, 0.05) is 17.1 Å². The highest BCUT2D eigenvalue weighted by Gasteiger charge is 2.33. The molecular weight excluding hydrogens is 550 g/mol. The topological polar surface area (TPSA) is 96.0 Å². The average molecular weight is 586 g/mol. The van der Waals surface area contributed by atoms with Gasteiger partial charge in [-0.25, -0.2) is 8.42 Å². The van der Waals surface area contributed by atoms with Crippen LogP contribution in [0.15, 0.2) is 77.7 Å². The second-order valence-electron chi connectivity index (χ2n) is 10.6. The lowest BCUT2D eigenvalue weighted by molar-refractivity contribution is -0.140. The van der Waals surface area contributed by atoms with Gasteiger partial charge >= 0.3 is 0 Å². The maximum atomic E-state index is 14.0. The number of hydrogen-bond donors (Lipinski definition) is 1. The molecule has 0 saturated carbocycles. The minimum Gasteiger partial charge on any atom is -0.497 e. The summed E-state index contributed by atoms with van der Waals surface area (Å²) in [5.41, 5.74) is 1.37. The second-order valence-corrected chi connectivity index (χ2v) is 12.9. The van der Waals surface area contributed by atoms with Crippen LogP contribution >= 0.6 is 11.6 Å². The summed E-state index contributed by atoms with van der Waals surface area (Å²) in [5, 5.41) is 3.34. The van der Waals surface area contributed by atoms with Crippen molar-refractivity contribution < 1.29 is 22.7 Å². The van der Waals surface area contributed by atoms with E-state index in [1.165, 1.54) is 17.0 Å². The fraction of sp³-hybridized carbons (Fsp3) is 0.333. The molecule has 0 aliphatic rings. The Morgan fingerprint density at radius 3 is 2.20 bits per heavy atom. The van der Waals surface area contributed by atoms with Gasteiger partial charge in [-0.3, -0.25) is 13.9 Å². The van der Waals surface area contributed by atoms with Gasteiger partial charge in [0.2, 0.25) is 11.8 Å². The molecule has 2 amide bonds. The van der Waals surface area contributed by atoms with Crippen molar-refractivity contribution >= 4 is 39.1 Å². The molecule has 3 aromatic rings. The predicted octanol–water partition coefficient (Wildman–Crippen LogP) is 5.18. The molecule has 3 aromatic carbocycles. The number of methoxy groups -OCH3 is 1. The molecule has 0 aliphatic carbocycles. The Bertz CT molecular complexity index is 1440. The van der Waals surface area contributed by atoms with Crippen LogP contribution in [0.25, 0.3) is 0 Å². The van der Waals surface area contributed by atoms with Crippen LogP contribution in [0.2, 0.25) is 5.02 Å². The number of carbonyl (C=O) groups is 2. The summed E-state index contributed by atoms with van der Waals surface area (Å²) >= 11 is 6.07. The number of aryl methyl sites for hydroxylation is 1. The molecule has 0 saturated heterocycles. The molecule has 214 valence electrons. The minimum absolute atomic E-state index is 0.0405. The monoisotopic (exact) mass is 585 g/mol. The predicted molar refractivity (Wildman–Crippen MR) is 158 cm³/mol. The number of halogens is 1. The first kappa shape index (κ1) is 31.0. The van der Waals surface area contributed by atoms with Crippen molar-refractivity contribution in [2.24, 2.45) is 0 Å². The number of amides is 2. The second kappa shape index (κ2) is 12.7. The van der Waals surface area contributed by atoms with Gasteiger partial charge in [0.25, 0.3) is 10.0 Å². The van der Waals surface area contributed by atoms with E-state index in [9.17, 15) is 18.0 Å². The summed E-state index contributed by atoms with van der Waals surface area (Å²) in [6.07, 6.45) is 0. The van der Waals surface area contributed by atoms with Crippen LogP contribution in [0.3, 0.4) is 0 Å². The Kier molecular flexibility index (Phi) is 9.87. The fourth-order valence-electron chi connectivity index (χ4n) is 4.00. The van der Waals surface area contributed by atoms with Crippen molar-refractivity contribution in [3.63, 3.8) is 0 Å². The molecule has 0 bridgehead atoms. The lowest BCUT2D eigenvalue weighted by Crippen LogP contribution is -2.54. The molecule has 3 rings (SSSR count). The highest BCUT2D eigenvalue weighted by molar-refractivity contribution is 7.92. The number of anilines is 1. The summed E-state index contributed by atoms with van der Waals surface area (Å²) in [4.78, 5) is 28.6. The molecule has 0 spiro atoms. The van der Waals surface area contributed by atoms with Crippen LogP contribution in [-0.4, -0.2) is 50.4 Å². The van der Waals surface area contributed by atoms with Gasteiger partial charge < -0.3 is 15.0 Å². The third kappa shape index (κ3) is 7.99. The highest BCUT2D eigenvalue weighted by atomic mass is 35.5. The summed E-state index contributed by atoms with van der Waals surface area (Å²) < 4.78 is 34.1. The van der Waals surface area contributed by atoms with E-state index in [4.69, 9.17) is 16.3 Å². The summed E-state index contributed by atoms with van der Waals surface area (Å²) in [6, 6.07) is 18.9. The molecule has 1 atom stereocenters. The Hall–Kier alpha value is -3.56. The molecule has 1 N–H and O–H groups in total. The zero-order chi connectivity index (χ0) is 29.7. The van der Waals surface area contributed by atoms with Gasteiger partial charge in [-0.2, -0.15) is 0 Å². The Labute approximate surface area is 241 Å². The fourth-order valence-corrected chi connectivity index (χ4v) is 5.54. The molecule has 0 fully saturated rings. The van der Waals surface area contributed by atoms with Crippen LogP contribution in [-0.2, 0) is 26.2 Å². The van der Waals surface area contributed by atoms with Crippen LogP contribution in [0, 0.1) is 6.92 Å². The lowest BCUT2D eigenvalue weighted by Gasteiger charge is -2.33. The Balaban J connectivity index is 2.04. The molecule has 10 heteroatoms. The highest BCUT2D eigenvalue weighted by Crippen LogP contribution is 2.26. The van der Waals surface area contributed by atoms with Crippen LogP contribution < -0.4 is 14.4 Å². The zero-order valence-corrected chi connectivity index (χ0v) is 25.2. The van der Waals surface area contributed by atoms with E-state index >= 15 is 0 Å². The third-order valence-electron chi connectivity index (χ3n) is 6.16. The van der Waals surface area contributed by atoms with E-state index in [0.29, 0.717) is 10.8 Å². The first-order chi connectivity index (χ1) is 18.7. The number of nitrogens with one attached hydrogen (secondary N) is 1. The number of ether oxygens (including phenoxy) is 1. The molecular formula is C30H36ClN3O5S. The van der Waals surface area contributed by atoms with Crippen molar-refractivity contribution in [1.82, 2.24) is 10.2 Å². The Morgan fingerprint density at radius 2 is 1.62 bits per heavy atom. The number of hydrogen-bond acceptors (Lipinski definition) is 5. The summed E-state index contributed by atoms with van der Waals surface area (Å²) in [5.74, 6) is -0.311. The molecule has 0 aromatic heterocycles. The van der Waals surface area contributed by atoms with E-state index in [1.54, 1.807) is 68.6 Å². The van der Waals surface area contributed by atoms with Crippen LogP contribution in [0.5, 0.6) is 5.75 Å². The third-order valence-corrected chi connectivity index (χ3v) is 8.20. The van der Waals surface area contributed by atoms with Crippen molar-refractivity contribution in [3.05, 3.63) is 88.9 Å². The first-order valence-corrected chi connectivity index (χ1v) is 14.6. The average Bonchev–Trinajstić information content (AvgIpc) is 2.89. The van der Waals surface area contributed by atoms with Crippen LogP contribution in [0.4, 0.5) is 5.69 Å². The molecule has 0 aliphatic heterocycles. The lowest BCUT2D eigenvalue weighted by atomic mass is 10.1. The number of benzene rings is 3.